The molecule has 4 rings (SSSR count). The maximum atomic E-state index is 12.9. The van der Waals surface area contributed by atoms with Crippen molar-refractivity contribution < 1.29 is 57.0 Å². The zero-order valence-electron chi connectivity index (χ0n) is 25.0. The third-order valence-corrected chi connectivity index (χ3v) is 6.10. The molecule has 1 aliphatic carbocycles. The molecule has 45 heavy (non-hydrogen) atoms. The van der Waals surface area contributed by atoms with Gasteiger partial charge in [-0.2, -0.15) is 0 Å². The van der Waals surface area contributed by atoms with E-state index in [1.54, 1.807) is 36.4 Å². The smallest absolute Gasteiger partial charge is 0.346 e. The molecule has 0 N–H and O–H groups in total. The topological polar surface area (TPSA) is 126 Å². The fraction of sp³-hybridized carbons (Fsp3) is 0.424. The molecule has 2 aromatic carbocycles. The highest BCUT2D eigenvalue weighted by atomic mass is 16.6. The van der Waals surface area contributed by atoms with Gasteiger partial charge in [0.25, 0.3) is 0 Å². The van der Waals surface area contributed by atoms with E-state index in [0.717, 1.165) is 0 Å². The normalized spacial score (nSPS) is 18.7. The molecule has 0 amide bonds. The van der Waals surface area contributed by atoms with Gasteiger partial charge in [0, 0.05) is 0 Å². The number of benzene rings is 2. The Morgan fingerprint density at radius 2 is 1.13 bits per heavy atom. The van der Waals surface area contributed by atoms with Gasteiger partial charge in [0.15, 0.2) is 29.1 Å². The first-order chi connectivity index (χ1) is 22.2. The van der Waals surface area contributed by atoms with Crippen molar-refractivity contribution in [3.8, 4) is 23.0 Å². The lowest BCUT2D eigenvalue weighted by Gasteiger charge is -2.19. The number of fused-ring (bicyclic) bond motifs is 2. The van der Waals surface area contributed by atoms with Crippen LogP contribution in [-0.2, 0) is 38.0 Å². The zero-order chi connectivity index (χ0) is 31.4. The molecule has 0 bridgehead atoms. The van der Waals surface area contributed by atoms with Gasteiger partial charge in [0.2, 0.25) is 0 Å². The molecule has 0 saturated carbocycles. The lowest BCUT2D eigenvalue weighted by Crippen LogP contribution is -2.34. The molecule has 242 valence electrons. The minimum absolute atomic E-state index is 0.0835. The fourth-order valence-corrected chi connectivity index (χ4v) is 3.94. The monoisotopic (exact) mass is 626 g/mol. The van der Waals surface area contributed by atoms with Gasteiger partial charge in [-0.05, 0) is 36.4 Å². The van der Waals surface area contributed by atoms with Gasteiger partial charge in [-0.1, -0.05) is 30.3 Å². The van der Waals surface area contributed by atoms with Crippen LogP contribution in [0.25, 0.3) is 0 Å². The Kier molecular flexibility index (Phi) is 14.8. The summed E-state index contributed by atoms with van der Waals surface area (Å²) in [4.78, 5) is 24.9. The second-order valence-electron chi connectivity index (χ2n) is 9.33. The summed E-state index contributed by atoms with van der Waals surface area (Å²) in [5.74, 6) is 0.868. The van der Waals surface area contributed by atoms with E-state index in [1.807, 2.05) is 30.3 Å². The number of para-hydroxylation sites is 4. The van der Waals surface area contributed by atoms with Crippen molar-refractivity contribution in [2.24, 2.45) is 0 Å². The second kappa shape index (κ2) is 19.9. The predicted molar refractivity (Wildman–Crippen MR) is 160 cm³/mol. The molecule has 0 spiro atoms. The first kappa shape index (κ1) is 33.6. The summed E-state index contributed by atoms with van der Waals surface area (Å²) in [7, 11) is 0. The fourth-order valence-electron chi connectivity index (χ4n) is 3.94. The van der Waals surface area contributed by atoms with Crippen LogP contribution >= 0.6 is 0 Å². The molecular weight excluding hydrogens is 588 g/mol. The van der Waals surface area contributed by atoms with Crippen LogP contribution in [-0.4, -0.2) is 104 Å². The van der Waals surface area contributed by atoms with E-state index in [2.05, 4.69) is 5.73 Å². The number of hydrogen-bond donors (Lipinski definition) is 0. The summed E-state index contributed by atoms with van der Waals surface area (Å²) in [5.41, 5.74) is 3.06. The Labute approximate surface area is 262 Å². The summed E-state index contributed by atoms with van der Waals surface area (Å²) in [6.07, 6.45) is 3.78. The molecule has 2 aromatic rings. The van der Waals surface area contributed by atoms with Gasteiger partial charge in [-0.25, -0.2) is 9.59 Å². The Bertz CT molecular complexity index is 1300. The van der Waals surface area contributed by atoms with Crippen LogP contribution in [0.5, 0.6) is 23.0 Å². The summed E-state index contributed by atoms with van der Waals surface area (Å²) in [6, 6.07) is 14.4. The molecule has 0 radical (unpaired) electrons. The van der Waals surface area contributed by atoms with E-state index in [-0.39, 0.29) is 52.9 Å². The minimum atomic E-state index is -1.09. The van der Waals surface area contributed by atoms with E-state index in [1.165, 1.54) is 0 Å². The highest BCUT2D eigenvalue weighted by Crippen LogP contribution is 2.27. The molecular formula is C33H38O12. The van der Waals surface area contributed by atoms with Crippen molar-refractivity contribution in [3.05, 3.63) is 78.1 Å². The largest absolute Gasteiger partial charge is 0.487 e. The molecule has 1 unspecified atom stereocenters. The van der Waals surface area contributed by atoms with E-state index in [0.29, 0.717) is 61.6 Å². The molecule has 1 atom stereocenters. The summed E-state index contributed by atoms with van der Waals surface area (Å²) in [5, 5.41) is 0. The number of allylic oxidation sites excluding steroid dienone is 1. The highest BCUT2D eigenvalue weighted by Gasteiger charge is 2.23. The van der Waals surface area contributed by atoms with E-state index < -0.39 is 18.0 Å². The zero-order valence-corrected chi connectivity index (χ0v) is 25.0. The average Bonchev–Trinajstić information content (AvgIpc) is 3.61. The van der Waals surface area contributed by atoms with Crippen LogP contribution in [0.3, 0.4) is 0 Å². The first-order valence-electron chi connectivity index (χ1n) is 14.7. The Morgan fingerprint density at radius 1 is 0.644 bits per heavy atom. The number of carbonyl (C=O) groups excluding carboxylic acids is 2. The van der Waals surface area contributed by atoms with Crippen LogP contribution in [0.4, 0.5) is 0 Å². The quantitative estimate of drug-likeness (QED) is 0.275. The first-order valence-corrected chi connectivity index (χ1v) is 14.7. The van der Waals surface area contributed by atoms with Gasteiger partial charge in [-0.3, -0.25) is 0 Å². The summed E-state index contributed by atoms with van der Waals surface area (Å²) < 4.78 is 56.4. The predicted octanol–water partition coefficient (Wildman–Crippen LogP) is 3.09. The number of carbonyl (C=O) groups is 2. The Hall–Kier alpha value is -4.32. The van der Waals surface area contributed by atoms with Crippen LogP contribution in [0.1, 0.15) is 0 Å². The molecule has 12 nitrogen and oxygen atoms in total. The van der Waals surface area contributed by atoms with Gasteiger partial charge in [0.05, 0.1) is 46.2 Å². The number of ether oxygens (including phenoxy) is 10. The second-order valence-corrected chi connectivity index (χ2v) is 9.33. The van der Waals surface area contributed by atoms with Gasteiger partial charge < -0.3 is 47.4 Å². The standard InChI is InChI=1S/C33H38O12/c34-32(26-7-1-2-8-26)43-23-24-44-33(35)31-25-45-30-12-6-5-11-29(30)41-20-16-37-14-13-36-15-19-39-27-9-3-4-10-28(27)40-21-17-38-18-22-42-31/h1-7,9-12,31H,13-25H2. The lowest BCUT2D eigenvalue weighted by atomic mass is 10.3. The van der Waals surface area contributed by atoms with Crippen molar-refractivity contribution in [1.82, 2.24) is 0 Å². The van der Waals surface area contributed by atoms with Crippen LogP contribution < -0.4 is 18.9 Å². The maximum Gasteiger partial charge on any atom is 0.346 e. The van der Waals surface area contributed by atoms with E-state index in [9.17, 15) is 9.59 Å². The minimum Gasteiger partial charge on any atom is -0.487 e. The van der Waals surface area contributed by atoms with E-state index >= 15 is 0 Å². The van der Waals surface area contributed by atoms with Crippen molar-refractivity contribution in [2.45, 2.75) is 6.10 Å². The average molecular weight is 627 g/mol. The number of esters is 2. The molecule has 0 fully saturated rings. The van der Waals surface area contributed by atoms with Gasteiger partial charge >= 0.3 is 11.9 Å². The van der Waals surface area contributed by atoms with Gasteiger partial charge in [0.1, 0.15) is 45.2 Å². The molecule has 1 heterocycles. The third kappa shape index (κ3) is 12.3. The van der Waals surface area contributed by atoms with E-state index in [4.69, 9.17) is 47.4 Å². The Morgan fingerprint density at radius 3 is 1.67 bits per heavy atom. The maximum absolute atomic E-state index is 12.9. The molecule has 0 saturated heterocycles. The highest BCUT2D eigenvalue weighted by molar-refractivity contribution is 5.92. The van der Waals surface area contributed by atoms with Crippen LogP contribution in [0.2, 0.25) is 0 Å². The summed E-state index contributed by atoms with van der Waals surface area (Å²) >= 11 is 0. The summed E-state index contributed by atoms with van der Waals surface area (Å²) in [6.45, 7) is 2.57. The molecule has 2 aliphatic rings. The van der Waals surface area contributed by atoms with Crippen molar-refractivity contribution in [1.29, 1.82) is 0 Å². The SMILES string of the molecule is O=C(OCCOC(=O)C1COc2ccccc2OCCOCCOCCOc2ccccc2OCCOCCO1)C1=C=CC=C1. The molecule has 0 aromatic heterocycles. The molecule has 12 heteroatoms. The third-order valence-electron chi connectivity index (χ3n) is 6.10. The number of rotatable bonds is 5. The van der Waals surface area contributed by atoms with Crippen molar-refractivity contribution in [3.63, 3.8) is 0 Å². The molecule has 1 aliphatic heterocycles. The van der Waals surface area contributed by atoms with Crippen molar-refractivity contribution in [2.75, 3.05) is 85.9 Å². The number of hydrogen-bond acceptors (Lipinski definition) is 12. The lowest BCUT2D eigenvalue weighted by molar-refractivity contribution is -0.163. The Balaban J connectivity index is 1.31. The van der Waals surface area contributed by atoms with Crippen LogP contribution in [0.15, 0.2) is 78.1 Å². The van der Waals surface area contributed by atoms with Crippen LogP contribution in [0, 0.1) is 0 Å². The van der Waals surface area contributed by atoms with Gasteiger partial charge in [-0.15, -0.1) is 5.73 Å². The van der Waals surface area contributed by atoms with Crippen molar-refractivity contribution >= 4 is 11.9 Å².